The largest absolute Gasteiger partial charge is 0.252 e. The molecule has 0 amide bonds. The van der Waals surface area contributed by atoms with Crippen molar-refractivity contribution in [2.45, 2.75) is 19.3 Å². The normalized spacial score (nSPS) is 13.1. The highest BCUT2D eigenvalue weighted by Gasteiger charge is 2.36. The molecule has 0 saturated carbocycles. The van der Waals surface area contributed by atoms with Crippen molar-refractivity contribution < 1.29 is 0 Å². The first kappa shape index (κ1) is 33.2. The molecule has 1 aliphatic rings. The highest BCUT2D eigenvalue weighted by molar-refractivity contribution is 7.25. The molecule has 1 aliphatic carbocycles. The van der Waals surface area contributed by atoms with Gasteiger partial charge in [-0.05, 0) is 103 Å². The lowest BCUT2D eigenvalue weighted by Crippen LogP contribution is -2.15. The highest BCUT2D eigenvalue weighted by atomic mass is 32.1. The zero-order valence-corrected chi connectivity index (χ0v) is 32.9. The summed E-state index contributed by atoms with van der Waals surface area (Å²) < 4.78 is 2.68. The first-order chi connectivity index (χ1) is 28.5. The molecule has 0 atom stereocenters. The van der Waals surface area contributed by atoms with Crippen LogP contribution in [-0.2, 0) is 5.41 Å². The van der Waals surface area contributed by atoms with Gasteiger partial charge in [0.1, 0.15) is 0 Å². The van der Waals surface area contributed by atoms with Crippen LogP contribution >= 0.6 is 11.3 Å². The molecule has 272 valence electrons. The van der Waals surface area contributed by atoms with E-state index < -0.39 is 0 Å². The monoisotopic (exact) mass is 756 g/mol. The average Bonchev–Trinajstić information content (AvgIpc) is 3.77. The van der Waals surface area contributed by atoms with Gasteiger partial charge in [-0.25, -0.2) is 4.98 Å². The Bertz CT molecular complexity index is 3450. The minimum atomic E-state index is -0.152. The van der Waals surface area contributed by atoms with Gasteiger partial charge in [-0.2, -0.15) is 0 Å². The van der Waals surface area contributed by atoms with E-state index in [0.717, 1.165) is 33.1 Å². The lowest BCUT2D eigenvalue weighted by molar-refractivity contribution is 0.661. The number of fused-ring (bicyclic) bond motifs is 12. The molecular formula is C55H36N2S. The van der Waals surface area contributed by atoms with Crippen molar-refractivity contribution in [1.29, 1.82) is 0 Å². The molecule has 3 heteroatoms. The molecule has 0 saturated heterocycles. The van der Waals surface area contributed by atoms with E-state index in [2.05, 4.69) is 190 Å². The standard InChI is InChI=1S/C55H36N2S/c1-55(2)48-30-37(34-20-18-33(19-21-34)36-24-27-52-47(29-36)44-14-7-8-17-51(44)58-52)22-25-42(48)43-26-23-38(31-49(43)55)35-10-9-11-39(28-35)50-32-56-53-45-15-5-3-12-40(45)41-13-4-6-16-46(41)54(53)57-50/h3-32H,1-2H3. The predicted molar refractivity (Wildman–Crippen MR) is 247 cm³/mol. The van der Waals surface area contributed by atoms with Gasteiger partial charge in [0, 0.05) is 41.9 Å². The van der Waals surface area contributed by atoms with Crippen LogP contribution in [0.4, 0.5) is 0 Å². The summed E-state index contributed by atoms with van der Waals surface area (Å²) in [7, 11) is 0. The van der Waals surface area contributed by atoms with Crippen molar-refractivity contribution in [3.63, 3.8) is 0 Å². The first-order valence-electron chi connectivity index (χ1n) is 20.0. The number of rotatable bonds is 4. The van der Waals surface area contributed by atoms with E-state index in [0.29, 0.717) is 0 Å². The minimum Gasteiger partial charge on any atom is -0.252 e. The first-order valence-corrected chi connectivity index (χ1v) is 20.8. The third kappa shape index (κ3) is 5.03. The van der Waals surface area contributed by atoms with Crippen molar-refractivity contribution in [3.8, 4) is 55.8 Å². The number of aromatic nitrogens is 2. The van der Waals surface area contributed by atoms with Crippen LogP contribution in [0.2, 0.25) is 0 Å². The molecule has 9 aromatic carbocycles. The summed E-state index contributed by atoms with van der Waals surface area (Å²) in [5.74, 6) is 0. The third-order valence-electron chi connectivity index (χ3n) is 12.5. The van der Waals surface area contributed by atoms with Crippen LogP contribution in [0.25, 0.3) is 109 Å². The fraction of sp³-hybridized carbons (Fsp3) is 0.0545. The SMILES string of the molecule is CC1(C)c2cc(-c3ccc(-c4ccc5sc6ccccc6c5c4)cc3)ccc2-c2ccc(-c3cccc(-c4cnc5c6ccccc6c6ccccc6c5n4)c3)cc21. The highest BCUT2D eigenvalue weighted by Crippen LogP contribution is 2.51. The number of thiophene rings is 1. The summed E-state index contributed by atoms with van der Waals surface area (Å²) in [6.45, 7) is 4.74. The molecule has 0 radical (unpaired) electrons. The molecule has 12 rings (SSSR count). The van der Waals surface area contributed by atoms with Gasteiger partial charge in [0.15, 0.2) is 0 Å². The van der Waals surface area contributed by atoms with Gasteiger partial charge in [-0.3, -0.25) is 4.98 Å². The van der Waals surface area contributed by atoms with E-state index in [1.165, 1.54) is 86.6 Å². The maximum atomic E-state index is 5.28. The summed E-state index contributed by atoms with van der Waals surface area (Å²) in [4.78, 5) is 10.3. The van der Waals surface area contributed by atoms with Gasteiger partial charge in [0.25, 0.3) is 0 Å². The third-order valence-corrected chi connectivity index (χ3v) is 13.7. The fourth-order valence-corrected chi connectivity index (χ4v) is 10.6. The molecule has 2 nitrogen and oxygen atoms in total. The molecule has 11 aromatic rings. The Hall–Kier alpha value is -6.94. The van der Waals surface area contributed by atoms with E-state index in [-0.39, 0.29) is 5.41 Å². The molecule has 58 heavy (non-hydrogen) atoms. The Morgan fingerprint density at radius 1 is 0.379 bits per heavy atom. The van der Waals surface area contributed by atoms with E-state index in [9.17, 15) is 0 Å². The maximum absolute atomic E-state index is 5.28. The molecule has 2 aromatic heterocycles. The van der Waals surface area contributed by atoms with Gasteiger partial charge in [-0.15, -0.1) is 11.3 Å². The van der Waals surface area contributed by atoms with Crippen LogP contribution in [-0.4, -0.2) is 9.97 Å². The van der Waals surface area contributed by atoms with Crippen molar-refractivity contribution in [1.82, 2.24) is 9.97 Å². The number of hydrogen-bond donors (Lipinski definition) is 0. The van der Waals surface area contributed by atoms with Crippen molar-refractivity contribution in [3.05, 3.63) is 193 Å². The van der Waals surface area contributed by atoms with Gasteiger partial charge >= 0.3 is 0 Å². The topological polar surface area (TPSA) is 25.8 Å². The van der Waals surface area contributed by atoms with E-state index >= 15 is 0 Å². The Morgan fingerprint density at radius 2 is 0.879 bits per heavy atom. The van der Waals surface area contributed by atoms with Crippen LogP contribution in [0.1, 0.15) is 25.0 Å². The smallest absolute Gasteiger partial charge is 0.0979 e. The van der Waals surface area contributed by atoms with Crippen molar-refractivity contribution in [2.75, 3.05) is 0 Å². The van der Waals surface area contributed by atoms with Crippen LogP contribution in [0.15, 0.2) is 182 Å². The van der Waals surface area contributed by atoms with Gasteiger partial charge in [0.05, 0.1) is 22.9 Å². The molecule has 0 aliphatic heterocycles. The van der Waals surface area contributed by atoms with Crippen LogP contribution in [0, 0.1) is 0 Å². The molecule has 2 heterocycles. The van der Waals surface area contributed by atoms with Crippen LogP contribution < -0.4 is 0 Å². The Morgan fingerprint density at radius 3 is 1.57 bits per heavy atom. The minimum absolute atomic E-state index is 0.152. The molecule has 0 fully saturated rings. The second kappa shape index (κ2) is 12.5. The fourth-order valence-electron chi connectivity index (χ4n) is 9.48. The average molecular weight is 757 g/mol. The predicted octanol–water partition coefficient (Wildman–Crippen LogP) is 15.3. The molecular weight excluding hydrogens is 721 g/mol. The van der Waals surface area contributed by atoms with E-state index in [1.54, 1.807) is 0 Å². The maximum Gasteiger partial charge on any atom is 0.0979 e. The molecule has 0 N–H and O–H groups in total. The summed E-state index contributed by atoms with van der Waals surface area (Å²) in [6.07, 6.45) is 1.93. The zero-order valence-electron chi connectivity index (χ0n) is 32.1. The lowest BCUT2D eigenvalue weighted by atomic mass is 9.80. The summed E-state index contributed by atoms with van der Waals surface area (Å²) in [5.41, 5.74) is 16.4. The summed E-state index contributed by atoms with van der Waals surface area (Å²) >= 11 is 1.87. The second-order valence-electron chi connectivity index (χ2n) is 16.2. The Kier molecular flexibility index (Phi) is 7.18. The Balaban J connectivity index is 0.863. The molecule has 0 spiro atoms. The summed E-state index contributed by atoms with van der Waals surface area (Å²) in [5, 5.41) is 7.34. The quantitative estimate of drug-likeness (QED) is 0.167. The Labute approximate surface area is 340 Å². The van der Waals surface area contributed by atoms with Crippen molar-refractivity contribution in [2.24, 2.45) is 0 Å². The number of benzene rings is 9. The van der Waals surface area contributed by atoms with Crippen LogP contribution in [0.5, 0.6) is 0 Å². The zero-order chi connectivity index (χ0) is 38.5. The summed E-state index contributed by atoms with van der Waals surface area (Å²) in [6, 6.07) is 64.5. The van der Waals surface area contributed by atoms with Crippen molar-refractivity contribution >= 4 is 64.1 Å². The molecule has 0 bridgehead atoms. The van der Waals surface area contributed by atoms with E-state index in [1.807, 2.05) is 17.5 Å². The number of nitrogens with zero attached hydrogens (tertiary/aromatic N) is 2. The van der Waals surface area contributed by atoms with Gasteiger partial charge in [0.2, 0.25) is 0 Å². The lowest BCUT2D eigenvalue weighted by Gasteiger charge is -2.22. The van der Waals surface area contributed by atoms with E-state index in [4.69, 9.17) is 9.97 Å². The number of hydrogen-bond acceptors (Lipinski definition) is 3. The molecule has 0 unspecified atom stereocenters. The van der Waals surface area contributed by atoms with Gasteiger partial charge < -0.3 is 0 Å². The second-order valence-corrected chi connectivity index (χ2v) is 17.2. The van der Waals surface area contributed by atoms with Gasteiger partial charge in [-0.1, -0.05) is 153 Å². The van der Waals surface area contributed by atoms with Crippen LogP contribution in [0.3, 0.4) is 0 Å².